The van der Waals surface area contributed by atoms with Crippen LogP contribution in [0.1, 0.15) is 6.42 Å². The average Bonchev–Trinajstić information content (AvgIpc) is 3.17. The Hall–Kier alpha value is 18.4. The Balaban J connectivity index is -0.000000356. The molecule has 2 rings (SSSR count). The maximum Gasteiger partial charge on any atom is 1.00 e. The van der Waals surface area contributed by atoms with Gasteiger partial charge in [-0.1, -0.05) is 0 Å². The van der Waals surface area contributed by atoms with Crippen LogP contribution in [-0.2, 0) is 192 Å². The molecule has 0 radical (unpaired) electrons. The fraction of sp³-hybridized carbons (Fsp3) is 1.00. The summed E-state index contributed by atoms with van der Waals surface area (Å²) in [6, 6.07) is 0. The van der Waals surface area contributed by atoms with E-state index in [9.17, 15) is 143 Å². The Morgan fingerprint density at radius 1 is 0.372 bits per heavy atom. The minimum atomic E-state index is -6.93. The van der Waals surface area contributed by atoms with Crippen LogP contribution in [0.15, 0.2) is 0 Å². The van der Waals surface area contributed by atoms with Crippen molar-refractivity contribution in [1.82, 2.24) is 0 Å². The van der Waals surface area contributed by atoms with Gasteiger partial charge in [0.25, 0.3) is 0 Å². The molecule has 94 heavy (non-hydrogen) atoms. The summed E-state index contributed by atoms with van der Waals surface area (Å²) in [4.78, 5) is 0. The molecule has 2 aliphatic rings. The maximum absolute atomic E-state index is 12.1. The molecule has 1 aliphatic heterocycles. The minimum absolute atomic E-state index is 0. The van der Waals surface area contributed by atoms with E-state index in [0.717, 1.165) is 0 Å². The van der Waals surface area contributed by atoms with Gasteiger partial charge in [0, 0.05) is 5.92 Å². The van der Waals surface area contributed by atoms with Gasteiger partial charge in [-0.3, -0.25) is 50.2 Å². The molecular weight excluding hydrogens is 1900 g/mol. The van der Waals surface area contributed by atoms with Crippen molar-refractivity contribution in [2.24, 2.45) is 5.92 Å². The molecule has 0 spiro atoms. The Kier molecular flexibility index (Phi) is 101. The van der Waals surface area contributed by atoms with Crippen molar-refractivity contribution in [3.05, 3.63) is 0 Å². The van der Waals surface area contributed by atoms with Crippen molar-refractivity contribution in [2.45, 2.75) is 86.0 Å². The average molecular weight is 1930 g/mol. The van der Waals surface area contributed by atoms with Crippen LogP contribution in [0.25, 0.3) is 0 Å². The van der Waals surface area contributed by atoms with Gasteiger partial charge < -0.3 is 85.3 Å². The van der Waals surface area contributed by atoms with Gasteiger partial charge >= 0.3 is 617 Å². The minimum Gasteiger partial charge on any atom is -0.870 e. The maximum atomic E-state index is 12.1. The summed E-state index contributed by atoms with van der Waals surface area (Å²) in [6.07, 6.45) is -46.3. The topological polar surface area (TPSA) is 864 Å². The molecule has 0 aromatic carbocycles. The molecule has 2 fully saturated rings. The first-order valence-electron chi connectivity index (χ1n) is 18.1. The van der Waals surface area contributed by atoms with Crippen molar-refractivity contribution >= 4 is 128 Å². The van der Waals surface area contributed by atoms with E-state index in [2.05, 4.69) is 50.2 Å². The zero-order valence-corrected chi connectivity index (χ0v) is 96.7. The third-order valence-electron chi connectivity index (χ3n) is 8.56. The molecule has 0 bridgehead atoms. The number of rotatable bonds is 35. The van der Waals surface area contributed by atoms with Crippen LogP contribution in [0.5, 0.6) is 0 Å². The van der Waals surface area contributed by atoms with Gasteiger partial charge in [0.05, 0.1) is 66.6 Å². The summed E-state index contributed by atoms with van der Waals surface area (Å²) in [6.45, 7) is -8.83. The monoisotopic (exact) mass is 1920 g/mol. The Labute approximate surface area is 1050 Å². The fourth-order valence-corrected chi connectivity index (χ4v) is 11.7. The van der Waals surface area contributed by atoms with Crippen LogP contribution in [0.4, 0.5) is 0 Å². The summed E-state index contributed by atoms with van der Waals surface area (Å²) in [5.74, 6) is -2.66. The molecule has 1 saturated heterocycles. The zero-order valence-electron chi connectivity index (χ0n) is 49.5. The van der Waals surface area contributed by atoms with Crippen molar-refractivity contribution in [1.29, 1.82) is 0 Å². The molecule has 0 aromatic heterocycles. The van der Waals surface area contributed by atoms with Crippen LogP contribution in [0.3, 0.4) is 0 Å². The second-order valence-corrected chi connectivity index (χ2v) is 24.8. The van der Waals surface area contributed by atoms with Crippen LogP contribution in [0, 0.1) is 5.92 Å². The molecule has 1 saturated carbocycles. The third-order valence-corrected chi connectivity index (χ3v) is 13.8. The summed E-state index contributed by atoms with van der Waals surface area (Å²) in [7, 11) is -58.8. The largest absolute Gasteiger partial charge is 1.00 e. The van der Waals surface area contributed by atoms with Gasteiger partial charge in [0.1, 0.15) is 61.0 Å². The first-order chi connectivity index (χ1) is 35.2. The molecule has 0 aromatic rings. The molecule has 3 N–H and O–H groups in total. The first-order valence-corrected chi connectivity index (χ1v) is 33.1. The Bertz CT molecular complexity index is 3250. The zero-order chi connectivity index (χ0) is 61.5. The van der Waals surface area contributed by atoms with Gasteiger partial charge in [-0.2, -0.15) is 0 Å². The van der Waals surface area contributed by atoms with Crippen molar-refractivity contribution in [2.75, 3.05) is 26.4 Å². The summed E-state index contributed by atoms with van der Waals surface area (Å²) < 4.78 is 451. The summed E-state index contributed by atoms with van der Waals surface area (Å²) >= 11 is -12.7. The van der Waals surface area contributed by atoms with Gasteiger partial charge in [0.15, 0.2) is 12.4 Å². The molecule has 3 unspecified atom stereocenters. The van der Waals surface area contributed by atoms with E-state index in [0.29, 0.717) is 0 Å². The van der Waals surface area contributed by atoms with Crippen LogP contribution < -0.4 is 617 Å². The van der Waals surface area contributed by atoms with Crippen molar-refractivity contribution < 1.29 is 840 Å². The van der Waals surface area contributed by atoms with E-state index in [-0.39, 0.29) is 633 Å². The molecule has 496 valence electrons. The normalized spacial score (nSPS) is 23.7. The molecule has 1 heterocycles. The predicted molar refractivity (Wildman–Crippen MR) is 213 cm³/mol. The summed E-state index contributed by atoms with van der Waals surface area (Å²) in [5, 5.41) is 0. The molecular formula is C19H27K12O51S12-3. The molecule has 1 aliphatic carbocycles. The van der Waals surface area contributed by atoms with E-state index in [1.807, 2.05) is 0 Å². The number of hydrogen-bond donors (Lipinski definition) is 0. The van der Waals surface area contributed by atoms with E-state index < -0.39 is 246 Å². The van der Waals surface area contributed by atoms with Gasteiger partial charge in [0.2, 0.25) is 93.6 Å². The van der Waals surface area contributed by atoms with Crippen molar-refractivity contribution in [3.63, 3.8) is 0 Å². The standard InChI is InChI=1S/C19H36O48S12.12K.3H2O/c20-68(21)58-9(3-54-19-18(67-79(50,51)52)16(60-70(24)25)12(59-69(22)23)8(57-19)5-56-72(29,30)31)14(64-76(41,42)43)15(65-77(44,45)46)10(61-73(32,33)34)4-53-7-1-6(2-55-71(26,27)28)11(62-74(35,36)37)17(66-78(47,48)49)13(7)63-75(38,39)40;;;;;;;;;;;;;;;/h6-19H,1-5H2,(H,20,21)(H,22,23)(H,24,25)(H,26,27,28)(H,29,30,31)(H,32,33,34)(H,35,36,37)(H,38,39,40)(H,41,42,43)(H,44,45,46)(H,47,48,49)(H,50,51,52);;;;;;;;;;;;;3*1H2/q;12*+1;;;/p-15/t6-,7-,8-,9-,10-,11-,12-,13+,14-,15-,16+,17+,18-,19-;;;;;;;;;;;;;;;/m1.............../s1. The van der Waals surface area contributed by atoms with Gasteiger partial charge in [-0.25, -0.2) is 88.4 Å². The second kappa shape index (κ2) is 66.1. The molecule has 75 heteroatoms. The van der Waals surface area contributed by atoms with Crippen molar-refractivity contribution in [3.8, 4) is 0 Å². The first kappa shape index (κ1) is 144. The summed E-state index contributed by atoms with van der Waals surface area (Å²) in [5.41, 5.74) is 0. The van der Waals surface area contributed by atoms with Gasteiger partial charge in [-0.05, 0) is 6.42 Å². The Morgan fingerprint density at radius 3 is 1.05 bits per heavy atom. The van der Waals surface area contributed by atoms with E-state index in [1.54, 1.807) is 0 Å². The molecule has 17 atom stereocenters. The SMILES string of the molecule is O=S([O-])O[C@@H]1[C@@H](OS(=O)(=O)[O-])[C@H](OC[C@@H](OS(=O)[O-])[C@@H](OS(=O)(=O)[O-])[C@H](OS(=O)(=O)[O-])[C@@H](CO[C@@H]2C[C@H](COS(=O)(=O)[O-])[C@@H](OS(=O)(=O)[O-])[C@H](OS(=O)(=O)[O-])[C@H]2OS(=O)(=O)[O-])OS(=O)(=O)[O-])O[C@H](COS(=O)(=O)[O-])[C@H]1OS(=O)[O-].[K+].[K+].[K+].[K+].[K+].[K+].[K+].[K+].[K+].[K+].[K+].[K+].[OH-].[OH-].[OH-]. The quantitative estimate of drug-likeness (QED) is 0.0246. The van der Waals surface area contributed by atoms with E-state index in [4.69, 9.17) is 14.2 Å². The third kappa shape index (κ3) is 68.0. The Morgan fingerprint density at radius 2 is 0.702 bits per heavy atom. The number of ether oxygens (including phenoxy) is 3. The van der Waals surface area contributed by atoms with Gasteiger partial charge in [-0.15, -0.1) is 0 Å². The van der Waals surface area contributed by atoms with E-state index in [1.165, 1.54) is 0 Å². The molecule has 51 nitrogen and oxygen atoms in total. The smallest absolute Gasteiger partial charge is 0.870 e. The fourth-order valence-electron chi connectivity index (χ4n) is 6.38. The predicted octanol–water partition coefficient (Wildman–Crippen LogP) is -48.9. The molecule has 0 amide bonds. The second-order valence-electron chi connectivity index (χ2n) is 13.9. The van der Waals surface area contributed by atoms with E-state index >= 15 is 0 Å². The van der Waals surface area contributed by atoms with Crippen LogP contribution in [-0.4, -0.2) is 265 Å². The number of hydrogen-bond acceptors (Lipinski definition) is 51. The van der Waals surface area contributed by atoms with Crippen LogP contribution in [0.2, 0.25) is 0 Å². The van der Waals surface area contributed by atoms with Crippen LogP contribution >= 0.6 is 0 Å².